The number of nitriles is 1. The molecule has 1 aromatic carbocycles. The second-order valence-electron chi connectivity index (χ2n) is 4.26. The zero-order valence-corrected chi connectivity index (χ0v) is 10.7. The topological polar surface area (TPSA) is 64.3 Å². The summed E-state index contributed by atoms with van der Waals surface area (Å²) >= 11 is 0. The third kappa shape index (κ3) is 3.36. The Labute approximate surface area is 107 Å². The lowest BCUT2D eigenvalue weighted by molar-refractivity contribution is -0.131. The maximum absolute atomic E-state index is 10.4. The van der Waals surface area contributed by atoms with E-state index in [9.17, 15) is 4.79 Å². The number of hydrogen-bond acceptors (Lipinski definition) is 3. The fraction of sp³-hybridized carbons (Fsp3) is 0.286. The van der Waals surface area contributed by atoms with Crippen molar-refractivity contribution in [2.45, 2.75) is 19.9 Å². The standard InChI is InChI=1S/C14H16N2O2/c1-10(2)16(3)13-6-4-11(5-7-14(17)18)8-12(13)9-15/h4-8,10H,1-3H3,(H,17,18)/b7-5+. The number of nitrogens with zero attached hydrogens (tertiary/aromatic N) is 2. The molecule has 0 spiro atoms. The Bertz CT molecular complexity index is 513. The molecule has 0 fully saturated rings. The van der Waals surface area contributed by atoms with Crippen LogP contribution in [0.4, 0.5) is 5.69 Å². The number of hydrogen-bond donors (Lipinski definition) is 1. The first-order chi connectivity index (χ1) is 8.45. The fourth-order valence-corrected chi connectivity index (χ4v) is 1.50. The monoisotopic (exact) mass is 244 g/mol. The predicted octanol–water partition coefficient (Wildman–Crippen LogP) is 2.50. The van der Waals surface area contributed by atoms with Gasteiger partial charge in [-0.25, -0.2) is 4.79 Å². The van der Waals surface area contributed by atoms with Crippen LogP contribution in [0, 0.1) is 11.3 Å². The Morgan fingerprint density at radius 3 is 2.67 bits per heavy atom. The van der Waals surface area contributed by atoms with Gasteiger partial charge in [0.25, 0.3) is 0 Å². The van der Waals surface area contributed by atoms with E-state index in [1.807, 2.05) is 31.9 Å². The largest absolute Gasteiger partial charge is 0.478 e. The van der Waals surface area contributed by atoms with Gasteiger partial charge in [0.2, 0.25) is 0 Å². The molecule has 1 N–H and O–H groups in total. The van der Waals surface area contributed by atoms with Crippen LogP contribution in [0.25, 0.3) is 6.08 Å². The Kier molecular flexibility index (Phi) is 4.50. The normalized spacial score (nSPS) is 10.6. The molecule has 0 aliphatic carbocycles. The Morgan fingerprint density at radius 2 is 2.17 bits per heavy atom. The van der Waals surface area contributed by atoms with Crippen LogP contribution in [0.1, 0.15) is 25.0 Å². The van der Waals surface area contributed by atoms with Gasteiger partial charge in [-0.2, -0.15) is 5.26 Å². The van der Waals surface area contributed by atoms with E-state index in [2.05, 4.69) is 6.07 Å². The van der Waals surface area contributed by atoms with Crippen LogP contribution in [0.5, 0.6) is 0 Å². The highest BCUT2D eigenvalue weighted by atomic mass is 16.4. The number of anilines is 1. The van der Waals surface area contributed by atoms with E-state index in [-0.39, 0.29) is 6.04 Å². The van der Waals surface area contributed by atoms with Crippen LogP contribution in [0.3, 0.4) is 0 Å². The molecule has 4 heteroatoms. The van der Waals surface area contributed by atoms with E-state index < -0.39 is 5.97 Å². The van der Waals surface area contributed by atoms with Gasteiger partial charge in [0.05, 0.1) is 11.3 Å². The molecule has 0 saturated carbocycles. The summed E-state index contributed by atoms with van der Waals surface area (Å²) in [6.45, 7) is 4.08. The van der Waals surface area contributed by atoms with Crippen LogP contribution in [0.15, 0.2) is 24.3 Å². The molecule has 0 heterocycles. The van der Waals surface area contributed by atoms with Crippen molar-refractivity contribution in [3.63, 3.8) is 0 Å². The zero-order chi connectivity index (χ0) is 13.7. The summed E-state index contributed by atoms with van der Waals surface area (Å²) in [5.41, 5.74) is 2.09. The fourth-order valence-electron chi connectivity index (χ4n) is 1.50. The molecule has 0 saturated heterocycles. The van der Waals surface area contributed by atoms with E-state index >= 15 is 0 Å². The first kappa shape index (κ1) is 13.8. The van der Waals surface area contributed by atoms with E-state index in [1.165, 1.54) is 6.08 Å². The zero-order valence-electron chi connectivity index (χ0n) is 10.7. The molecule has 94 valence electrons. The first-order valence-electron chi connectivity index (χ1n) is 5.63. The van der Waals surface area contributed by atoms with Crippen LogP contribution >= 0.6 is 0 Å². The highest BCUT2D eigenvalue weighted by Gasteiger charge is 2.10. The average molecular weight is 244 g/mol. The van der Waals surface area contributed by atoms with Gasteiger partial charge in [0.15, 0.2) is 0 Å². The minimum absolute atomic E-state index is 0.289. The Balaban J connectivity index is 3.12. The Hall–Kier alpha value is -2.28. The highest BCUT2D eigenvalue weighted by Crippen LogP contribution is 2.22. The summed E-state index contributed by atoms with van der Waals surface area (Å²) in [7, 11) is 1.92. The minimum Gasteiger partial charge on any atom is -0.478 e. The third-order valence-corrected chi connectivity index (χ3v) is 2.71. The molecular formula is C14H16N2O2. The summed E-state index contributed by atoms with van der Waals surface area (Å²) in [6.07, 6.45) is 2.53. The highest BCUT2D eigenvalue weighted by molar-refractivity contribution is 5.85. The van der Waals surface area contributed by atoms with Crippen LogP contribution < -0.4 is 4.90 Å². The molecule has 0 bridgehead atoms. The van der Waals surface area contributed by atoms with Crippen LogP contribution in [-0.4, -0.2) is 24.2 Å². The molecule has 0 atom stereocenters. The van der Waals surface area contributed by atoms with Crippen molar-refractivity contribution in [2.75, 3.05) is 11.9 Å². The summed E-state index contributed by atoms with van der Waals surface area (Å²) in [5.74, 6) is -1.00. The number of aliphatic carboxylic acids is 1. The summed E-state index contributed by atoms with van der Waals surface area (Å²) in [6, 6.07) is 7.75. The van der Waals surface area contributed by atoms with Crippen LogP contribution in [0.2, 0.25) is 0 Å². The lowest BCUT2D eigenvalue weighted by atomic mass is 10.1. The molecule has 4 nitrogen and oxygen atoms in total. The summed E-state index contributed by atoms with van der Waals surface area (Å²) in [5, 5.41) is 17.7. The molecule has 1 rings (SSSR count). The second kappa shape index (κ2) is 5.87. The number of carboxylic acid groups (broad SMARTS) is 1. The third-order valence-electron chi connectivity index (χ3n) is 2.71. The van der Waals surface area contributed by atoms with E-state index in [0.717, 1.165) is 11.8 Å². The van der Waals surface area contributed by atoms with Gasteiger partial charge in [-0.3, -0.25) is 0 Å². The van der Waals surface area contributed by atoms with Crippen molar-refractivity contribution in [3.05, 3.63) is 35.4 Å². The van der Waals surface area contributed by atoms with Gasteiger partial charge in [-0.05, 0) is 37.6 Å². The lowest BCUT2D eigenvalue weighted by Gasteiger charge is -2.24. The number of carbonyl (C=O) groups is 1. The molecule has 0 aliphatic heterocycles. The van der Waals surface area contributed by atoms with Gasteiger partial charge in [0, 0.05) is 19.2 Å². The van der Waals surface area contributed by atoms with Gasteiger partial charge < -0.3 is 10.0 Å². The number of benzene rings is 1. The molecule has 0 amide bonds. The van der Waals surface area contributed by atoms with Crippen molar-refractivity contribution in [3.8, 4) is 6.07 Å². The SMILES string of the molecule is CC(C)N(C)c1ccc(/C=C/C(=O)O)cc1C#N. The van der Waals surface area contributed by atoms with Crippen molar-refractivity contribution in [1.29, 1.82) is 5.26 Å². The molecule has 18 heavy (non-hydrogen) atoms. The first-order valence-corrected chi connectivity index (χ1v) is 5.63. The molecule has 0 aliphatic rings. The number of rotatable bonds is 4. The van der Waals surface area contributed by atoms with E-state index in [0.29, 0.717) is 11.1 Å². The van der Waals surface area contributed by atoms with Gasteiger partial charge in [-0.1, -0.05) is 6.07 Å². The van der Waals surface area contributed by atoms with Gasteiger partial charge in [-0.15, -0.1) is 0 Å². The second-order valence-corrected chi connectivity index (χ2v) is 4.26. The van der Waals surface area contributed by atoms with Crippen molar-refractivity contribution in [1.82, 2.24) is 0 Å². The predicted molar refractivity (Wildman–Crippen MR) is 71.4 cm³/mol. The maximum atomic E-state index is 10.4. The quantitative estimate of drug-likeness (QED) is 0.826. The van der Waals surface area contributed by atoms with Crippen molar-refractivity contribution in [2.24, 2.45) is 0 Å². The smallest absolute Gasteiger partial charge is 0.328 e. The van der Waals surface area contributed by atoms with E-state index in [1.54, 1.807) is 12.1 Å². The Morgan fingerprint density at radius 1 is 1.50 bits per heavy atom. The van der Waals surface area contributed by atoms with Gasteiger partial charge in [0.1, 0.15) is 6.07 Å². The molecule has 0 radical (unpaired) electrons. The average Bonchev–Trinajstić information content (AvgIpc) is 2.34. The van der Waals surface area contributed by atoms with Crippen molar-refractivity contribution >= 4 is 17.7 Å². The number of carboxylic acids is 1. The minimum atomic E-state index is -1.00. The molecule has 0 unspecified atom stereocenters. The van der Waals surface area contributed by atoms with Crippen molar-refractivity contribution < 1.29 is 9.90 Å². The maximum Gasteiger partial charge on any atom is 0.328 e. The lowest BCUT2D eigenvalue weighted by Crippen LogP contribution is -2.26. The summed E-state index contributed by atoms with van der Waals surface area (Å²) < 4.78 is 0. The van der Waals surface area contributed by atoms with Crippen LogP contribution in [-0.2, 0) is 4.79 Å². The molecule has 1 aromatic rings. The summed E-state index contributed by atoms with van der Waals surface area (Å²) in [4.78, 5) is 12.4. The van der Waals surface area contributed by atoms with Gasteiger partial charge >= 0.3 is 5.97 Å². The molecule has 0 aromatic heterocycles. The molecular weight excluding hydrogens is 228 g/mol. The van der Waals surface area contributed by atoms with E-state index in [4.69, 9.17) is 10.4 Å².